The van der Waals surface area contributed by atoms with Crippen molar-refractivity contribution in [1.29, 1.82) is 0 Å². The summed E-state index contributed by atoms with van der Waals surface area (Å²) in [4.78, 5) is 3.87. The number of aliphatic hydroxyl groups is 1. The lowest BCUT2D eigenvalue weighted by atomic mass is 10.2. The Bertz CT molecular complexity index is 229. The Kier molecular flexibility index (Phi) is 4.65. The van der Waals surface area contributed by atoms with E-state index in [9.17, 15) is 0 Å². The lowest BCUT2D eigenvalue weighted by Gasteiger charge is -2.04. The van der Waals surface area contributed by atoms with E-state index in [4.69, 9.17) is 5.11 Å². The topological polar surface area (TPSA) is 33.1 Å². The number of aliphatic hydroxyl groups excluding tert-OH is 1. The van der Waals surface area contributed by atoms with Crippen molar-refractivity contribution in [2.24, 2.45) is 0 Å². The second kappa shape index (κ2) is 4.70. The summed E-state index contributed by atoms with van der Waals surface area (Å²) in [5, 5.41) is 9.15. The Labute approximate surface area is 80.2 Å². The summed E-state index contributed by atoms with van der Waals surface area (Å²) in [6, 6.07) is 1.79. The molecule has 0 aliphatic carbocycles. The summed E-state index contributed by atoms with van der Waals surface area (Å²) in [5.41, 5.74) is 0.870. The molecular formula is C7H9BrClNO. The van der Waals surface area contributed by atoms with Crippen LogP contribution in [0.4, 0.5) is 0 Å². The molecule has 1 aromatic rings. The molecule has 4 heteroatoms. The van der Waals surface area contributed by atoms with Gasteiger partial charge in [0.25, 0.3) is 0 Å². The van der Waals surface area contributed by atoms with E-state index in [0.29, 0.717) is 0 Å². The Morgan fingerprint density at radius 1 is 1.64 bits per heavy atom. The molecule has 1 N–H and O–H groups in total. The summed E-state index contributed by atoms with van der Waals surface area (Å²) >= 11 is 3.27. The van der Waals surface area contributed by atoms with E-state index in [1.165, 1.54) is 0 Å². The minimum Gasteiger partial charge on any atom is -0.389 e. The van der Waals surface area contributed by atoms with E-state index in [1.807, 2.05) is 0 Å². The highest BCUT2D eigenvalue weighted by Crippen LogP contribution is 2.20. The Morgan fingerprint density at radius 2 is 2.27 bits per heavy atom. The maximum absolute atomic E-state index is 9.15. The third-order valence-electron chi connectivity index (χ3n) is 1.25. The summed E-state index contributed by atoms with van der Waals surface area (Å²) in [7, 11) is 0. The van der Waals surface area contributed by atoms with Crippen molar-refractivity contribution in [2.75, 3.05) is 0 Å². The lowest BCUT2D eigenvalue weighted by molar-refractivity contribution is 0.198. The molecule has 2 nitrogen and oxygen atoms in total. The van der Waals surface area contributed by atoms with Crippen LogP contribution in [0.3, 0.4) is 0 Å². The van der Waals surface area contributed by atoms with Crippen molar-refractivity contribution in [3.8, 4) is 0 Å². The molecule has 0 amide bonds. The first-order valence-electron chi connectivity index (χ1n) is 2.99. The van der Waals surface area contributed by atoms with Gasteiger partial charge < -0.3 is 5.11 Å². The zero-order valence-electron chi connectivity index (χ0n) is 5.99. The van der Waals surface area contributed by atoms with Crippen LogP contribution in [0.15, 0.2) is 22.9 Å². The average Bonchev–Trinajstić information content (AvgIpc) is 1.88. The predicted octanol–water partition coefficient (Wildman–Crippen LogP) is 2.32. The number of nitrogens with zero attached hydrogens (tertiary/aromatic N) is 1. The van der Waals surface area contributed by atoms with Gasteiger partial charge in [-0.05, 0) is 34.5 Å². The van der Waals surface area contributed by atoms with Crippen LogP contribution in [0.5, 0.6) is 0 Å². The van der Waals surface area contributed by atoms with Crippen LogP contribution < -0.4 is 0 Å². The highest BCUT2D eigenvalue weighted by molar-refractivity contribution is 9.10. The molecule has 0 saturated heterocycles. The van der Waals surface area contributed by atoms with Crippen molar-refractivity contribution in [2.45, 2.75) is 13.0 Å². The van der Waals surface area contributed by atoms with Gasteiger partial charge in [-0.25, -0.2) is 0 Å². The number of halogens is 2. The van der Waals surface area contributed by atoms with Crippen molar-refractivity contribution >= 4 is 28.3 Å². The van der Waals surface area contributed by atoms with Crippen LogP contribution >= 0.6 is 28.3 Å². The molecule has 62 valence electrons. The Balaban J connectivity index is 0.000001000. The maximum atomic E-state index is 9.15. The smallest absolute Gasteiger partial charge is 0.0773 e. The molecule has 1 heterocycles. The number of rotatable bonds is 1. The summed E-state index contributed by atoms with van der Waals surface area (Å²) in [6.07, 6.45) is 2.90. The minimum atomic E-state index is -0.433. The van der Waals surface area contributed by atoms with Gasteiger partial charge in [-0.3, -0.25) is 4.98 Å². The normalized spacial score (nSPS) is 11.9. The van der Waals surface area contributed by atoms with Gasteiger partial charge in [0.05, 0.1) is 6.10 Å². The average molecular weight is 239 g/mol. The largest absolute Gasteiger partial charge is 0.389 e. The van der Waals surface area contributed by atoms with E-state index >= 15 is 0 Å². The second-order valence-electron chi connectivity index (χ2n) is 2.07. The third-order valence-corrected chi connectivity index (χ3v) is 1.92. The van der Waals surface area contributed by atoms with Gasteiger partial charge in [-0.2, -0.15) is 0 Å². The number of hydrogen-bond donors (Lipinski definition) is 1. The molecule has 11 heavy (non-hydrogen) atoms. The molecular weight excluding hydrogens is 229 g/mol. The molecule has 0 unspecified atom stereocenters. The molecule has 0 bridgehead atoms. The van der Waals surface area contributed by atoms with Crippen molar-refractivity contribution in [3.05, 3.63) is 28.5 Å². The van der Waals surface area contributed by atoms with Crippen molar-refractivity contribution in [1.82, 2.24) is 4.98 Å². The van der Waals surface area contributed by atoms with Gasteiger partial charge in [-0.1, -0.05) is 0 Å². The summed E-state index contributed by atoms with van der Waals surface area (Å²) in [6.45, 7) is 1.72. The van der Waals surface area contributed by atoms with Gasteiger partial charge in [0.15, 0.2) is 0 Å². The lowest BCUT2D eigenvalue weighted by Crippen LogP contribution is -1.91. The Morgan fingerprint density at radius 3 is 2.64 bits per heavy atom. The fourth-order valence-electron chi connectivity index (χ4n) is 0.725. The van der Waals surface area contributed by atoms with Gasteiger partial charge in [-0.15, -0.1) is 12.4 Å². The first-order chi connectivity index (χ1) is 4.72. The standard InChI is InChI=1S/C7H8BrNO.ClH/c1-5(10)6-2-3-9-4-7(6)8;/h2-5,10H,1H3;1H/t5-;/m0./s1. The zero-order valence-corrected chi connectivity index (χ0v) is 8.39. The first-order valence-corrected chi connectivity index (χ1v) is 3.78. The van der Waals surface area contributed by atoms with E-state index in [0.717, 1.165) is 10.0 Å². The van der Waals surface area contributed by atoms with Gasteiger partial charge in [0.2, 0.25) is 0 Å². The Hall–Kier alpha value is -0.120. The highest BCUT2D eigenvalue weighted by Gasteiger charge is 2.03. The molecule has 0 spiro atoms. The van der Waals surface area contributed by atoms with Gasteiger partial charge in [0.1, 0.15) is 0 Å². The van der Waals surface area contributed by atoms with Gasteiger partial charge >= 0.3 is 0 Å². The molecule has 0 saturated carbocycles. The molecule has 1 atom stereocenters. The molecule has 0 fully saturated rings. The summed E-state index contributed by atoms with van der Waals surface area (Å²) < 4.78 is 0.852. The SMILES string of the molecule is C[C@H](O)c1ccncc1Br.Cl. The van der Waals surface area contributed by atoms with Crippen LogP contribution in [0.1, 0.15) is 18.6 Å². The minimum absolute atomic E-state index is 0. The van der Waals surface area contributed by atoms with Crippen LogP contribution in [-0.2, 0) is 0 Å². The van der Waals surface area contributed by atoms with Crippen LogP contribution in [-0.4, -0.2) is 10.1 Å². The van der Waals surface area contributed by atoms with Crippen LogP contribution in [0.2, 0.25) is 0 Å². The first kappa shape index (κ1) is 10.9. The van der Waals surface area contributed by atoms with E-state index in [-0.39, 0.29) is 12.4 Å². The van der Waals surface area contributed by atoms with E-state index in [1.54, 1.807) is 25.4 Å². The quantitative estimate of drug-likeness (QED) is 0.814. The fraction of sp³-hybridized carbons (Fsp3) is 0.286. The number of aromatic nitrogens is 1. The molecule has 0 aliphatic heterocycles. The van der Waals surface area contributed by atoms with Gasteiger partial charge in [0, 0.05) is 16.9 Å². The van der Waals surface area contributed by atoms with Crippen molar-refractivity contribution < 1.29 is 5.11 Å². The zero-order chi connectivity index (χ0) is 7.56. The third kappa shape index (κ3) is 2.77. The fourth-order valence-corrected chi connectivity index (χ4v) is 1.31. The number of hydrogen-bond acceptors (Lipinski definition) is 2. The molecule has 1 aromatic heterocycles. The second-order valence-corrected chi connectivity index (χ2v) is 2.93. The number of pyridine rings is 1. The molecule has 0 aromatic carbocycles. The van der Waals surface area contributed by atoms with E-state index < -0.39 is 6.10 Å². The van der Waals surface area contributed by atoms with Crippen LogP contribution in [0.25, 0.3) is 0 Å². The molecule has 0 radical (unpaired) electrons. The van der Waals surface area contributed by atoms with Crippen molar-refractivity contribution in [3.63, 3.8) is 0 Å². The predicted molar refractivity (Wildman–Crippen MR) is 49.8 cm³/mol. The monoisotopic (exact) mass is 237 g/mol. The highest BCUT2D eigenvalue weighted by atomic mass is 79.9. The maximum Gasteiger partial charge on any atom is 0.0773 e. The van der Waals surface area contributed by atoms with Crippen LogP contribution in [0, 0.1) is 0 Å². The van der Waals surface area contributed by atoms with E-state index in [2.05, 4.69) is 20.9 Å². The molecule has 1 rings (SSSR count). The molecule has 0 aliphatic rings. The summed E-state index contributed by atoms with van der Waals surface area (Å²) in [5.74, 6) is 0.